The van der Waals surface area contributed by atoms with Crippen LogP contribution < -0.4 is 5.73 Å². The number of rotatable bonds is 3. The summed E-state index contributed by atoms with van der Waals surface area (Å²) in [5, 5.41) is 4.93. The van der Waals surface area contributed by atoms with Crippen molar-refractivity contribution in [3.63, 3.8) is 0 Å². The monoisotopic (exact) mass is 234 g/mol. The summed E-state index contributed by atoms with van der Waals surface area (Å²) in [5.74, 6) is 0. The van der Waals surface area contributed by atoms with Crippen LogP contribution >= 0.6 is 11.8 Å². The van der Waals surface area contributed by atoms with Crippen molar-refractivity contribution in [1.29, 1.82) is 0 Å². The number of aromatic nitrogens is 3. The summed E-state index contributed by atoms with van der Waals surface area (Å²) in [7, 11) is 1.89. The first-order valence-corrected chi connectivity index (χ1v) is 5.84. The van der Waals surface area contributed by atoms with Crippen molar-refractivity contribution in [3.8, 4) is 0 Å². The maximum Gasteiger partial charge on any atom is 0.190 e. The molecule has 0 radical (unpaired) electrons. The molecule has 0 saturated heterocycles. The molecule has 84 valence electrons. The SMILES string of the molecule is Cc1cc(CN)ccc1Sc1ncnn1C. The van der Waals surface area contributed by atoms with Crippen molar-refractivity contribution in [2.24, 2.45) is 12.8 Å². The summed E-state index contributed by atoms with van der Waals surface area (Å²) in [6.07, 6.45) is 1.56. The first kappa shape index (κ1) is 11.2. The van der Waals surface area contributed by atoms with Gasteiger partial charge in [0.15, 0.2) is 5.16 Å². The highest BCUT2D eigenvalue weighted by Crippen LogP contribution is 2.28. The fourth-order valence-electron chi connectivity index (χ4n) is 1.43. The fraction of sp³-hybridized carbons (Fsp3) is 0.273. The van der Waals surface area contributed by atoms with Gasteiger partial charge in [0.05, 0.1) is 0 Å². The Morgan fingerprint density at radius 2 is 2.25 bits per heavy atom. The van der Waals surface area contributed by atoms with Crippen LogP contribution in [0, 0.1) is 6.92 Å². The van der Waals surface area contributed by atoms with Crippen LogP contribution in [0.4, 0.5) is 0 Å². The first-order valence-electron chi connectivity index (χ1n) is 5.02. The van der Waals surface area contributed by atoms with Gasteiger partial charge in [-0.3, -0.25) is 0 Å². The van der Waals surface area contributed by atoms with E-state index in [1.165, 1.54) is 10.5 Å². The molecule has 0 aliphatic carbocycles. The van der Waals surface area contributed by atoms with E-state index < -0.39 is 0 Å². The topological polar surface area (TPSA) is 56.7 Å². The van der Waals surface area contributed by atoms with Crippen LogP contribution in [0.2, 0.25) is 0 Å². The second-order valence-electron chi connectivity index (χ2n) is 3.57. The van der Waals surface area contributed by atoms with E-state index in [0.29, 0.717) is 6.54 Å². The summed E-state index contributed by atoms with van der Waals surface area (Å²) in [6, 6.07) is 6.24. The summed E-state index contributed by atoms with van der Waals surface area (Å²) in [4.78, 5) is 5.37. The molecule has 0 unspecified atom stereocenters. The third-order valence-electron chi connectivity index (χ3n) is 2.35. The van der Waals surface area contributed by atoms with Crippen LogP contribution in [-0.2, 0) is 13.6 Å². The Hall–Kier alpha value is -1.33. The zero-order valence-electron chi connectivity index (χ0n) is 9.34. The van der Waals surface area contributed by atoms with E-state index >= 15 is 0 Å². The van der Waals surface area contributed by atoms with Crippen molar-refractivity contribution in [1.82, 2.24) is 14.8 Å². The first-order chi connectivity index (χ1) is 7.70. The number of aryl methyl sites for hydroxylation is 2. The minimum atomic E-state index is 0.579. The predicted molar refractivity (Wildman–Crippen MR) is 64.2 cm³/mol. The standard InChI is InChI=1S/C11H14N4S/c1-8-5-9(6-12)3-4-10(8)16-11-13-7-14-15(11)2/h3-5,7H,6,12H2,1-2H3. The molecule has 0 aliphatic rings. The molecule has 0 fully saturated rings. The molecule has 1 aromatic carbocycles. The highest BCUT2D eigenvalue weighted by molar-refractivity contribution is 7.99. The number of benzene rings is 1. The zero-order chi connectivity index (χ0) is 11.5. The minimum absolute atomic E-state index is 0.579. The van der Waals surface area contributed by atoms with Gasteiger partial charge in [0.25, 0.3) is 0 Å². The lowest BCUT2D eigenvalue weighted by molar-refractivity contribution is 0.685. The van der Waals surface area contributed by atoms with Gasteiger partial charge in [-0.2, -0.15) is 5.10 Å². The molecule has 1 heterocycles. The van der Waals surface area contributed by atoms with Crippen LogP contribution in [0.1, 0.15) is 11.1 Å². The molecule has 2 rings (SSSR count). The third kappa shape index (κ3) is 2.25. The molecular formula is C11H14N4S. The quantitative estimate of drug-likeness (QED) is 0.878. The molecule has 0 atom stereocenters. The molecule has 0 spiro atoms. The Bertz CT molecular complexity index is 492. The predicted octanol–water partition coefficient (Wildman–Crippen LogP) is 1.73. The molecule has 2 N–H and O–H groups in total. The second kappa shape index (κ2) is 4.67. The van der Waals surface area contributed by atoms with Gasteiger partial charge in [-0.1, -0.05) is 12.1 Å². The van der Waals surface area contributed by atoms with Crippen LogP contribution in [0.15, 0.2) is 34.6 Å². The summed E-state index contributed by atoms with van der Waals surface area (Å²) < 4.78 is 1.76. The van der Waals surface area contributed by atoms with E-state index in [2.05, 4.69) is 29.1 Å². The highest BCUT2D eigenvalue weighted by Gasteiger charge is 2.06. The van der Waals surface area contributed by atoms with E-state index in [9.17, 15) is 0 Å². The van der Waals surface area contributed by atoms with E-state index in [4.69, 9.17) is 5.73 Å². The maximum atomic E-state index is 5.60. The molecule has 16 heavy (non-hydrogen) atoms. The van der Waals surface area contributed by atoms with Gasteiger partial charge in [0.1, 0.15) is 6.33 Å². The number of hydrogen-bond donors (Lipinski definition) is 1. The van der Waals surface area contributed by atoms with Crippen LogP contribution in [0.25, 0.3) is 0 Å². The average molecular weight is 234 g/mol. The number of hydrogen-bond acceptors (Lipinski definition) is 4. The molecule has 0 bridgehead atoms. The highest BCUT2D eigenvalue weighted by atomic mass is 32.2. The average Bonchev–Trinajstić information content (AvgIpc) is 2.67. The normalized spacial score (nSPS) is 10.7. The number of nitrogens with two attached hydrogens (primary N) is 1. The van der Waals surface area contributed by atoms with Crippen molar-refractivity contribution in [2.45, 2.75) is 23.5 Å². The summed E-state index contributed by atoms with van der Waals surface area (Å²) in [6.45, 7) is 2.66. The maximum absolute atomic E-state index is 5.60. The van der Waals surface area contributed by atoms with Gasteiger partial charge in [0, 0.05) is 18.5 Å². The molecule has 0 saturated carbocycles. The van der Waals surface area contributed by atoms with Crippen molar-refractivity contribution in [2.75, 3.05) is 0 Å². The summed E-state index contributed by atoms with van der Waals surface area (Å²) >= 11 is 1.62. The fourth-order valence-corrected chi connectivity index (χ4v) is 2.26. The Morgan fingerprint density at radius 1 is 1.44 bits per heavy atom. The largest absolute Gasteiger partial charge is 0.326 e. The van der Waals surface area contributed by atoms with Gasteiger partial charge in [-0.25, -0.2) is 9.67 Å². The van der Waals surface area contributed by atoms with Crippen molar-refractivity contribution < 1.29 is 0 Å². The molecule has 4 nitrogen and oxygen atoms in total. The smallest absolute Gasteiger partial charge is 0.190 e. The van der Waals surface area contributed by atoms with Gasteiger partial charge < -0.3 is 5.73 Å². The van der Waals surface area contributed by atoms with Gasteiger partial charge in [0.2, 0.25) is 0 Å². The Morgan fingerprint density at radius 3 is 2.81 bits per heavy atom. The zero-order valence-corrected chi connectivity index (χ0v) is 10.2. The van der Waals surface area contributed by atoms with Crippen LogP contribution in [0.5, 0.6) is 0 Å². The van der Waals surface area contributed by atoms with Gasteiger partial charge >= 0.3 is 0 Å². The number of nitrogens with zero attached hydrogens (tertiary/aromatic N) is 3. The minimum Gasteiger partial charge on any atom is -0.326 e. The Balaban J connectivity index is 2.25. The van der Waals surface area contributed by atoms with E-state index in [0.717, 1.165) is 10.7 Å². The molecule has 0 aliphatic heterocycles. The Kier molecular flexibility index (Phi) is 3.26. The van der Waals surface area contributed by atoms with E-state index in [1.54, 1.807) is 22.8 Å². The molecule has 2 aromatic rings. The molecule has 0 amide bonds. The van der Waals surface area contributed by atoms with E-state index in [1.807, 2.05) is 13.1 Å². The lowest BCUT2D eigenvalue weighted by atomic mass is 10.1. The third-order valence-corrected chi connectivity index (χ3v) is 3.58. The van der Waals surface area contributed by atoms with Crippen LogP contribution in [-0.4, -0.2) is 14.8 Å². The molecular weight excluding hydrogens is 220 g/mol. The van der Waals surface area contributed by atoms with Crippen molar-refractivity contribution in [3.05, 3.63) is 35.7 Å². The van der Waals surface area contributed by atoms with Crippen LogP contribution in [0.3, 0.4) is 0 Å². The molecule has 1 aromatic heterocycles. The van der Waals surface area contributed by atoms with E-state index in [-0.39, 0.29) is 0 Å². The lowest BCUT2D eigenvalue weighted by Gasteiger charge is -2.06. The molecule has 5 heteroatoms. The summed E-state index contributed by atoms with van der Waals surface area (Å²) in [5.41, 5.74) is 7.97. The second-order valence-corrected chi connectivity index (χ2v) is 4.58. The van der Waals surface area contributed by atoms with Gasteiger partial charge in [-0.05, 0) is 35.9 Å². The van der Waals surface area contributed by atoms with Crippen molar-refractivity contribution >= 4 is 11.8 Å². The Labute approximate surface area is 98.9 Å². The van der Waals surface area contributed by atoms with Gasteiger partial charge in [-0.15, -0.1) is 0 Å². The lowest BCUT2D eigenvalue weighted by Crippen LogP contribution is -1.97.